The zero-order valence-electron chi connectivity index (χ0n) is 16.7. The quantitative estimate of drug-likeness (QED) is 0.242. The number of methoxy groups -OCH3 is 1. The highest BCUT2D eigenvalue weighted by molar-refractivity contribution is 7.52. The van der Waals surface area contributed by atoms with Gasteiger partial charge < -0.3 is 18.5 Å². The predicted octanol–water partition coefficient (Wildman–Crippen LogP) is 3.72. The molecule has 30 heavy (non-hydrogen) atoms. The van der Waals surface area contributed by atoms with Gasteiger partial charge in [-0.2, -0.15) is 5.09 Å². The van der Waals surface area contributed by atoms with E-state index in [1.807, 2.05) is 0 Å². The van der Waals surface area contributed by atoms with Gasteiger partial charge in [0.25, 0.3) is 5.69 Å². The van der Waals surface area contributed by atoms with E-state index in [4.69, 9.17) is 18.5 Å². The summed E-state index contributed by atoms with van der Waals surface area (Å²) >= 11 is 0. The van der Waals surface area contributed by atoms with Gasteiger partial charge in [-0.1, -0.05) is 18.2 Å². The Labute approximate surface area is 173 Å². The van der Waals surface area contributed by atoms with Gasteiger partial charge in [0.1, 0.15) is 24.1 Å². The molecule has 3 atom stereocenters. The molecule has 2 aromatic rings. The second kappa shape index (κ2) is 10.7. The minimum atomic E-state index is -4.12. The molecule has 11 heteroatoms. The van der Waals surface area contributed by atoms with Gasteiger partial charge in [-0.25, -0.2) is 4.57 Å². The first kappa shape index (κ1) is 23.3. The van der Waals surface area contributed by atoms with Crippen LogP contribution in [-0.4, -0.2) is 36.8 Å². The number of hydrogen-bond donors (Lipinski definition) is 1. The molecular weight excluding hydrogens is 415 g/mol. The van der Waals surface area contributed by atoms with Crippen molar-refractivity contribution in [3.8, 4) is 11.5 Å². The van der Waals surface area contributed by atoms with E-state index in [-0.39, 0.29) is 29.9 Å². The Morgan fingerprint density at radius 2 is 1.63 bits per heavy atom. The van der Waals surface area contributed by atoms with Crippen LogP contribution in [0.4, 0.5) is 5.69 Å². The van der Waals surface area contributed by atoms with Crippen molar-refractivity contribution in [1.82, 2.24) is 5.09 Å². The van der Waals surface area contributed by atoms with E-state index in [9.17, 15) is 19.5 Å². The molecule has 2 unspecified atom stereocenters. The molecule has 2 aromatic carbocycles. The van der Waals surface area contributed by atoms with Gasteiger partial charge in [-0.15, -0.1) is 0 Å². The number of ether oxygens (including phenoxy) is 2. The van der Waals surface area contributed by atoms with Crippen molar-refractivity contribution in [2.24, 2.45) is 0 Å². The zero-order chi connectivity index (χ0) is 22.1. The van der Waals surface area contributed by atoms with Crippen LogP contribution in [-0.2, 0) is 18.8 Å². The van der Waals surface area contributed by atoms with Crippen molar-refractivity contribution in [2.75, 3.05) is 13.7 Å². The maximum absolute atomic E-state index is 13.4. The molecule has 0 aliphatic heterocycles. The van der Waals surface area contributed by atoms with Crippen LogP contribution in [0.25, 0.3) is 0 Å². The standard InChI is InChI=1S/C19H23N2O8P/c1-14(26-3)13-27-19(22)15(2)20-30(25,28-17-7-5-4-6-8-17)29-18-11-9-16(10-12-18)21(23)24/h4-12,14-15H,13H2,1-3H3,(H,20,25)/t14?,15-,30?/m0/s1. The second-order valence-electron chi connectivity index (χ2n) is 6.27. The largest absolute Gasteiger partial charge is 0.513 e. The maximum atomic E-state index is 13.4. The van der Waals surface area contributed by atoms with Crippen LogP contribution < -0.4 is 14.1 Å². The van der Waals surface area contributed by atoms with E-state index in [1.165, 1.54) is 38.3 Å². The SMILES string of the molecule is COC(C)COC(=O)[C@H](C)NP(=O)(Oc1ccccc1)Oc1ccc([N+](=O)[O-])cc1. The van der Waals surface area contributed by atoms with Crippen molar-refractivity contribution in [2.45, 2.75) is 26.0 Å². The molecule has 0 saturated heterocycles. The molecule has 0 aliphatic rings. The molecule has 0 radical (unpaired) electrons. The molecule has 0 aromatic heterocycles. The topological polar surface area (TPSA) is 126 Å². The van der Waals surface area contributed by atoms with Crippen molar-refractivity contribution in [3.63, 3.8) is 0 Å². The molecule has 0 heterocycles. The minimum Gasteiger partial charge on any atom is -0.462 e. The Bertz CT molecular complexity index is 891. The Morgan fingerprint density at radius 3 is 2.17 bits per heavy atom. The lowest BCUT2D eigenvalue weighted by Gasteiger charge is -2.23. The fraction of sp³-hybridized carbons (Fsp3) is 0.316. The molecule has 162 valence electrons. The van der Waals surface area contributed by atoms with Crippen LogP contribution in [0, 0.1) is 10.1 Å². The van der Waals surface area contributed by atoms with Crippen LogP contribution in [0.15, 0.2) is 54.6 Å². The Morgan fingerprint density at radius 1 is 1.07 bits per heavy atom. The van der Waals surface area contributed by atoms with E-state index in [0.717, 1.165) is 0 Å². The summed E-state index contributed by atoms with van der Waals surface area (Å²) in [7, 11) is -2.63. The van der Waals surface area contributed by atoms with Gasteiger partial charge in [-0.05, 0) is 38.1 Å². The van der Waals surface area contributed by atoms with Crippen molar-refractivity contribution in [1.29, 1.82) is 0 Å². The van der Waals surface area contributed by atoms with Gasteiger partial charge >= 0.3 is 13.7 Å². The number of para-hydroxylation sites is 1. The fourth-order valence-electron chi connectivity index (χ4n) is 2.14. The van der Waals surface area contributed by atoms with E-state index >= 15 is 0 Å². The lowest BCUT2D eigenvalue weighted by atomic mass is 10.3. The molecule has 0 saturated carbocycles. The number of hydrogen-bond acceptors (Lipinski definition) is 8. The number of nitrogens with one attached hydrogen (secondary N) is 1. The summed E-state index contributed by atoms with van der Waals surface area (Å²) in [6.45, 7) is 3.20. The highest BCUT2D eigenvalue weighted by atomic mass is 31.2. The maximum Gasteiger partial charge on any atom is 0.513 e. The summed E-state index contributed by atoms with van der Waals surface area (Å²) in [6, 6.07) is 12.2. The Balaban J connectivity index is 2.17. The average molecular weight is 438 g/mol. The smallest absolute Gasteiger partial charge is 0.462 e. The van der Waals surface area contributed by atoms with E-state index in [2.05, 4.69) is 5.09 Å². The molecule has 2 rings (SSSR count). The fourth-order valence-corrected chi connectivity index (χ4v) is 3.66. The van der Waals surface area contributed by atoms with Crippen LogP contribution in [0.2, 0.25) is 0 Å². The van der Waals surface area contributed by atoms with Crippen LogP contribution >= 0.6 is 7.75 Å². The first-order valence-corrected chi connectivity index (χ1v) is 10.5. The third kappa shape index (κ3) is 7.14. The Hall–Kier alpha value is -2.94. The lowest BCUT2D eigenvalue weighted by Crippen LogP contribution is -2.36. The summed E-state index contributed by atoms with van der Waals surface area (Å²) in [5.41, 5.74) is -0.154. The van der Waals surface area contributed by atoms with E-state index < -0.39 is 24.7 Å². The lowest BCUT2D eigenvalue weighted by molar-refractivity contribution is -0.384. The van der Waals surface area contributed by atoms with Crippen LogP contribution in [0.5, 0.6) is 11.5 Å². The third-order valence-electron chi connectivity index (χ3n) is 3.81. The summed E-state index contributed by atoms with van der Waals surface area (Å²) < 4.78 is 34.5. The number of rotatable bonds is 11. The first-order valence-electron chi connectivity index (χ1n) is 8.98. The van der Waals surface area contributed by atoms with Crippen molar-refractivity contribution >= 4 is 19.4 Å². The summed E-state index contributed by atoms with van der Waals surface area (Å²) in [6.07, 6.45) is -0.301. The van der Waals surface area contributed by atoms with Crippen LogP contribution in [0.1, 0.15) is 13.8 Å². The van der Waals surface area contributed by atoms with Crippen LogP contribution in [0.3, 0.4) is 0 Å². The first-order chi connectivity index (χ1) is 14.2. The number of esters is 1. The van der Waals surface area contributed by atoms with Gasteiger partial charge in [0, 0.05) is 19.2 Å². The van der Waals surface area contributed by atoms with Gasteiger partial charge in [0.05, 0.1) is 11.0 Å². The summed E-state index contributed by atoms with van der Waals surface area (Å²) in [5.74, 6) is -0.382. The number of non-ortho nitro benzene ring substituents is 1. The number of carbonyl (C=O) groups is 1. The minimum absolute atomic E-state index is 0.0222. The summed E-state index contributed by atoms with van der Waals surface area (Å²) in [4.78, 5) is 22.5. The van der Waals surface area contributed by atoms with E-state index in [0.29, 0.717) is 0 Å². The second-order valence-corrected chi connectivity index (χ2v) is 7.89. The molecule has 1 N–H and O–H groups in total. The Kier molecular flexibility index (Phi) is 8.35. The van der Waals surface area contributed by atoms with Gasteiger partial charge in [0.15, 0.2) is 0 Å². The van der Waals surface area contributed by atoms with Crippen molar-refractivity contribution < 1.29 is 32.8 Å². The molecule has 0 aliphatic carbocycles. The van der Waals surface area contributed by atoms with Gasteiger partial charge in [0.2, 0.25) is 0 Å². The highest BCUT2D eigenvalue weighted by Crippen LogP contribution is 2.45. The van der Waals surface area contributed by atoms with E-state index in [1.54, 1.807) is 37.3 Å². The number of nitro benzene ring substituents is 1. The van der Waals surface area contributed by atoms with Crippen molar-refractivity contribution in [3.05, 3.63) is 64.7 Å². The number of benzene rings is 2. The molecule has 10 nitrogen and oxygen atoms in total. The highest BCUT2D eigenvalue weighted by Gasteiger charge is 2.34. The monoisotopic (exact) mass is 438 g/mol. The summed E-state index contributed by atoms with van der Waals surface area (Å²) in [5, 5.41) is 13.3. The van der Waals surface area contributed by atoms with Gasteiger partial charge in [-0.3, -0.25) is 14.9 Å². The molecule has 0 amide bonds. The molecule has 0 bridgehead atoms. The number of nitrogens with zero attached hydrogens (tertiary/aromatic N) is 1. The normalized spacial score (nSPS) is 14.8. The third-order valence-corrected chi connectivity index (χ3v) is 5.42. The predicted molar refractivity (Wildman–Crippen MR) is 108 cm³/mol. The zero-order valence-corrected chi connectivity index (χ0v) is 17.6. The number of carbonyl (C=O) groups excluding carboxylic acids is 1. The average Bonchev–Trinajstić information content (AvgIpc) is 2.72. The molecule has 0 fully saturated rings. The molecular formula is C19H23N2O8P. The molecule has 0 spiro atoms. The number of nitro groups is 1.